The van der Waals surface area contributed by atoms with Gasteiger partial charge < -0.3 is 15.7 Å². The van der Waals surface area contributed by atoms with Crippen LogP contribution in [-0.4, -0.2) is 33.7 Å². The molecule has 11 heteroatoms. The number of carbonyl (C=O) groups is 2. The molecule has 0 atom stereocenters. The summed E-state index contributed by atoms with van der Waals surface area (Å²) in [6.45, 7) is 2.11. The average molecular weight is 433 g/mol. The minimum Gasteiger partial charge on any atom is -0.465 e. The Morgan fingerprint density at radius 1 is 1.06 bits per heavy atom. The summed E-state index contributed by atoms with van der Waals surface area (Å²) in [5, 5.41) is 17.3. The Labute approximate surface area is 174 Å². The van der Waals surface area contributed by atoms with Crippen LogP contribution in [0.4, 0.5) is 28.6 Å². The average Bonchev–Trinajstić information content (AvgIpc) is 2.71. The van der Waals surface area contributed by atoms with Gasteiger partial charge in [0.1, 0.15) is 11.5 Å². The number of anilines is 1. The Morgan fingerprint density at radius 3 is 2.52 bits per heavy atom. The standard InChI is InChI=1S/C20H18F3N5O3/c1-2-24-18(29)28-17-8-14-13(11-5-6-25-16(7-11)20(21,22)23)4-3-12(9-27-19(30)31)15(14)10-26-17/h3-8,10,27H,2,9H2,1H3,(H,30,31)(H2,24,26,28,29). The number of amides is 3. The van der Waals surface area contributed by atoms with Gasteiger partial charge in [0.05, 0.1) is 0 Å². The number of carboxylic acid groups (broad SMARTS) is 1. The van der Waals surface area contributed by atoms with Crippen molar-refractivity contribution in [1.29, 1.82) is 0 Å². The van der Waals surface area contributed by atoms with Gasteiger partial charge in [-0.3, -0.25) is 10.3 Å². The zero-order valence-corrected chi connectivity index (χ0v) is 16.2. The first kappa shape index (κ1) is 21.8. The van der Waals surface area contributed by atoms with Gasteiger partial charge in [0.2, 0.25) is 0 Å². The molecule has 2 heterocycles. The number of pyridine rings is 2. The van der Waals surface area contributed by atoms with Crippen molar-refractivity contribution < 1.29 is 27.9 Å². The highest BCUT2D eigenvalue weighted by Crippen LogP contribution is 2.35. The lowest BCUT2D eigenvalue weighted by Gasteiger charge is -2.14. The summed E-state index contributed by atoms with van der Waals surface area (Å²) < 4.78 is 39.4. The van der Waals surface area contributed by atoms with Crippen molar-refractivity contribution in [3.05, 3.63) is 54.0 Å². The third-order valence-corrected chi connectivity index (χ3v) is 4.36. The van der Waals surface area contributed by atoms with Gasteiger partial charge in [-0.2, -0.15) is 13.2 Å². The summed E-state index contributed by atoms with van der Waals surface area (Å²) in [7, 11) is 0. The monoisotopic (exact) mass is 433 g/mol. The molecule has 3 aromatic rings. The fraction of sp³-hybridized carbons (Fsp3) is 0.200. The number of carbonyl (C=O) groups excluding carboxylic acids is 1. The number of hydrogen-bond donors (Lipinski definition) is 4. The van der Waals surface area contributed by atoms with Gasteiger partial charge >= 0.3 is 18.3 Å². The van der Waals surface area contributed by atoms with E-state index in [4.69, 9.17) is 5.11 Å². The Balaban J connectivity index is 2.14. The van der Waals surface area contributed by atoms with E-state index in [0.29, 0.717) is 28.4 Å². The van der Waals surface area contributed by atoms with E-state index in [0.717, 1.165) is 12.3 Å². The summed E-state index contributed by atoms with van der Waals surface area (Å²) >= 11 is 0. The van der Waals surface area contributed by atoms with E-state index in [1.807, 2.05) is 0 Å². The maximum absolute atomic E-state index is 13.1. The Morgan fingerprint density at radius 2 is 1.84 bits per heavy atom. The smallest absolute Gasteiger partial charge is 0.433 e. The van der Waals surface area contributed by atoms with Crippen molar-refractivity contribution >= 4 is 28.7 Å². The molecule has 0 spiro atoms. The minimum atomic E-state index is -4.61. The van der Waals surface area contributed by atoms with E-state index < -0.39 is 24.0 Å². The number of rotatable bonds is 5. The molecule has 0 aliphatic heterocycles. The van der Waals surface area contributed by atoms with Gasteiger partial charge in [-0.05, 0) is 47.2 Å². The number of urea groups is 1. The summed E-state index contributed by atoms with van der Waals surface area (Å²) in [5.41, 5.74) is 0.247. The predicted octanol–water partition coefficient (Wildman–Crippen LogP) is 4.22. The van der Waals surface area contributed by atoms with Gasteiger partial charge in [-0.15, -0.1) is 0 Å². The fourth-order valence-corrected chi connectivity index (χ4v) is 3.02. The van der Waals surface area contributed by atoms with E-state index in [2.05, 4.69) is 25.9 Å². The lowest BCUT2D eigenvalue weighted by Crippen LogP contribution is -2.28. The van der Waals surface area contributed by atoms with Crippen LogP contribution in [0.3, 0.4) is 0 Å². The molecule has 3 rings (SSSR count). The first-order valence-corrected chi connectivity index (χ1v) is 9.16. The highest BCUT2D eigenvalue weighted by atomic mass is 19.4. The summed E-state index contributed by atoms with van der Waals surface area (Å²) in [6.07, 6.45) is -3.32. The fourth-order valence-electron chi connectivity index (χ4n) is 3.02. The van der Waals surface area contributed by atoms with Crippen molar-refractivity contribution in [2.75, 3.05) is 11.9 Å². The molecule has 2 aromatic heterocycles. The molecule has 31 heavy (non-hydrogen) atoms. The molecule has 0 saturated carbocycles. The zero-order chi connectivity index (χ0) is 22.6. The van der Waals surface area contributed by atoms with Crippen molar-refractivity contribution in [3.63, 3.8) is 0 Å². The van der Waals surface area contributed by atoms with E-state index in [-0.39, 0.29) is 17.9 Å². The van der Waals surface area contributed by atoms with E-state index in [1.165, 1.54) is 18.3 Å². The molecule has 0 aliphatic carbocycles. The number of hydrogen-bond acceptors (Lipinski definition) is 4. The van der Waals surface area contributed by atoms with Crippen molar-refractivity contribution in [1.82, 2.24) is 20.6 Å². The van der Waals surface area contributed by atoms with Crippen LogP contribution in [0.15, 0.2) is 42.7 Å². The SMILES string of the molecule is CCNC(=O)Nc1cc2c(-c3ccnc(C(F)(F)F)c3)ccc(CNC(=O)O)c2cn1. The molecule has 0 aliphatic rings. The summed E-state index contributed by atoms with van der Waals surface area (Å²) in [5.74, 6) is 0.188. The van der Waals surface area contributed by atoms with Crippen LogP contribution in [0.25, 0.3) is 21.9 Å². The molecule has 0 unspecified atom stereocenters. The third-order valence-electron chi connectivity index (χ3n) is 4.36. The Hall–Kier alpha value is -3.89. The maximum atomic E-state index is 13.1. The molecule has 1 aromatic carbocycles. The van der Waals surface area contributed by atoms with Crippen LogP contribution >= 0.6 is 0 Å². The van der Waals surface area contributed by atoms with E-state index >= 15 is 0 Å². The van der Waals surface area contributed by atoms with Gasteiger partial charge in [-0.1, -0.05) is 12.1 Å². The summed E-state index contributed by atoms with van der Waals surface area (Å²) in [6, 6.07) is 6.62. The van der Waals surface area contributed by atoms with Gasteiger partial charge in [0, 0.05) is 30.9 Å². The van der Waals surface area contributed by atoms with Crippen molar-refractivity contribution in [2.24, 2.45) is 0 Å². The molecule has 0 saturated heterocycles. The first-order chi connectivity index (χ1) is 14.7. The number of alkyl halides is 3. The highest BCUT2D eigenvalue weighted by Gasteiger charge is 2.32. The molecule has 0 bridgehead atoms. The minimum absolute atomic E-state index is 0.0268. The normalized spacial score (nSPS) is 11.2. The van der Waals surface area contributed by atoms with E-state index in [9.17, 15) is 22.8 Å². The molecular formula is C20H18F3N5O3. The molecule has 3 amide bonds. The number of aromatic nitrogens is 2. The first-order valence-electron chi connectivity index (χ1n) is 9.16. The topological polar surface area (TPSA) is 116 Å². The predicted molar refractivity (Wildman–Crippen MR) is 108 cm³/mol. The largest absolute Gasteiger partial charge is 0.465 e. The molecule has 4 N–H and O–H groups in total. The van der Waals surface area contributed by atoms with Gasteiger partial charge in [-0.25, -0.2) is 14.6 Å². The Kier molecular flexibility index (Phi) is 6.23. The zero-order valence-electron chi connectivity index (χ0n) is 16.2. The van der Waals surface area contributed by atoms with Crippen LogP contribution < -0.4 is 16.0 Å². The number of nitrogens with zero attached hydrogens (tertiary/aromatic N) is 2. The second-order valence-electron chi connectivity index (χ2n) is 6.46. The molecule has 162 valence electrons. The van der Waals surface area contributed by atoms with Crippen LogP contribution in [0.1, 0.15) is 18.2 Å². The summed E-state index contributed by atoms with van der Waals surface area (Å²) in [4.78, 5) is 30.3. The third kappa shape index (κ3) is 5.18. The molecule has 0 fully saturated rings. The second-order valence-corrected chi connectivity index (χ2v) is 6.46. The molecule has 8 nitrogen and oxygen atoms in total. The van der Waals surface area contributed by atoms with Crippen LogP contribution in [0.5, 0.6) is 0 Å². The number of nitrogens with one attached hydrogen (secondary N) is 3. The van der Waals surface area contributed by atoms with Crippen LogP contribution in [0, 0.1) is 0 Å². The van der Waals surface area contributed by atoms with Gasteiger partial charge in [0.25, 0.3) is 0 Å². The highest BCUT2D eigenvalue weighted by molar-refractivity contribution is 6.01. The molecular weight excluding hydrogens is 415 g/mol. The van der Waals surface area contributed by atoms with Gasteiger partial charge in [0.15, 0.2) is 0 Å². The lowest BCUT2D eigenvalue weighted by molar-refractivity contribution is -0.141. The number of benzene rings is 1. The van der Waals surface area contributed by atoms with Crippen molar-refractivity contribution in [3.8, 4) is 11.1 Å². The quantitative estimate of drug-likeness (QED) is 0.481. The number of fused-ring (bicyclic) bond motifs is 1. The van der Waals surface area contributed by atoms with E-state index in [1.54, 1.807) is 19.1 Å². The van der Waals surface area contributed by atoms with Crippen molar-refractivity contribution in [2.45, 2.75) is 19.6 Å². The number of halogens is 3. The maximum Gasteiger partial charge on any atom is 0.433 e. The van der Waals surface area contributed by atoms with Crippen LogP contribution in [-0.2, 0) is 12.7 Å². The lowest BCUT2D eigenvalue weighted by atomic mass is 9.96. The van der Waals surface area contributed by atoms with Crippen LogP contribution in [0.2, 0.25) is 0 Å². The molecule has 0 radical (unpaired) electrons. The Bertz CT molecular complexity index is 1130. The second kappa shape index (κ2) is 8.86.